The van der Waals surface area contributed by atoms with E-state index in [0.717, 1.165) is 6.26 Å². The number of fused-ring (bicyclic) bond motifs is 1. The number of esters is 1. The highest BCUT2D eigenvalue weighted by atomic mass is 32.2. The molecule has 28 heavy (non-hydrogen) atoms. The normalized spacial score (nSPS) is 11.7. The molecule has 0 atom stereocenters. The fourth-order valence-corrected chi connectivity index (χ4v) is 4.11. The van der Waals surface area contributed by atoms with Crippen molar-refractivity contribution >= 4 is 32.6 Å². The summed E-state index contributed by atoms with van der Waals surface area (Å²) in [7, 11) is -3.64. The summed E-state index contributed by atoms with van der Waals surface area (Å²) in [4.78, 5) is 32.2. The van der Waals surface area contributed by atoms with E-state index in [4.69, 9.17) is 4.74 Å². The molecule has 3 rings (SSSR count). The van der Waals surface area contributed by atoms with Gasteiger partial charge in [-0.1, -0.05) is 12.1 Å². The summed E-state index contributed by atoms with van der Waals surface area (Å²) in [6.07, 6.45) is 1.06. The van der Waals surface area contributed by atoms with Crippen molar-refractivity contribution in [2.75, 3.05) is 12.9 Å². The van der Waals surface area contributed by atoms with E-state index in [-0.39, 0.29) is 29.8 Å². The molecule has 0 amide bonds. The fraction of sp³-hybridized carbons (Fsp3) is 0.316. The Morgan fingerprint density at radius 1 is 1.21 bits per heavy atom. The van der Waals surface area contributed by atoms with Gasteiger partial charge in [-0.05, 0) is 38.5 Å². The standard InChI is InChI=1S/C19H21N3O5S/c1-5-27-18(24)17-11(2)16(12(3)20-17)15(23)10-22-14-9-7-6-8-13(14)21-19(22)28(4,25)26/h6-9,20H,5,10H2,1-4H3. The predicted molar refractivity (Wildman–Crippen MR) is 103 cm³/mol. The van der Waals surface area contributed by atoms with Gasteiger partial charge in [0.1, 0.15) is 5.69 Å². The van der Waals surface area contributed by atoms with Crippen LogP contribution in [-0.2, 0) is 21.1 Å². The van der Waals surface area contributed by atoms with Gasteiger partial charge in [0, 0.05) is 17.5 Å². The number of nitrogens with zero attached hydrogens (tertiary/aromatic N) is 2. The summed E-state index contributed by atoms with van der Waals surface area (Å²) >= 11 is 0. The number of rotatable bonds is 6. The van der Waals surface area contributed by atoms with Crippen LogP contribution in [0.3, 0.4) is 0 Å². The van der Waals surface area contributed by atoms with Crippen LogP contribution >= 0.6 is 0 Å². The minimum atomic E-state index is -3.64. The molecule has 0 radical (unpaired) electrons. The molecule has 1 aromatic carbocycles. The number of imidazole rings is 1. The molecule has 3 aromatic rings. The largest absolute Gasteiger partial charge is 0.461 e. The van der Waals surface area contributed by atoms with Gasteiger partial charge in [0.25, 0.3) is 0 Å². The molecule has 8 nitrogen and oxygen atoms in total. The number of nitrogens with one attached hydrogen (secondary N) is 1. The number of aromatic nitrogens is 3. The van der Waals surface area contributed by atoms with Crippen molar-refractivity contribution < 1.29 is 22.7 Å². The molecular formula is C19H21N3O5S. The summed E-state index contributed by atoms with van der Waals surface area (Å²) in [5, 5.41) is -0.168. The van der Waals surface area contributed by atoms with Gasteiger partial charge in [-0.2, -0.15) is 0 Å². The van der Waals surface area contributed by atoms with Crippen LogP contribution in [0.5, 0.6) is 0 Å². The Morgan fingerprint density at radius 2 is 1.89 bits per heavy atom. The first-order valence-electron chi connectivity index (χ1n) is 8.70. The Kier molecular flexibility index (Phi) is 5.12. The summed E-state index contributed by atoms with van der Waals surface area (Å²) in [5.41, 5.74) is 2.61. The zero-order valence-corrected chi connectivity index (χ0v) is 16.9. The maximum atomic E-state index is 13.1. The summed E-state index contributed by atoms with van der Waals surface area (Å²) in [5.74, 6) is -0.859. The number of aromatic amines is 1. The molecule has 2 heterocycles. The third-order valence-corrected chi connectivity index (χ3v) is 5.42. The molecular weight excluding hydrogens is 382 g/mol. The Hall–Kier alpha value is -2.94. The SMILES string of the molecule is CCOC(=O)c1[nH]c(C)c(C(=O)Cn2c(S(C)(=O)=O)nc3ccccc32)c1C. The smallest absolute Gasteiger partial charge is 0.355 e. The van der Waals surface area contributed by atoms with Crippen molar-refractivity contribution in [1.82, 2.24) is 14.5 Å². The molecule has 148 valence electrons. The Labute approximate surface area is 162 Å². The van der Waals surface area contributed by atoms with Crippen molar-refractivity contribution in [1.29, 1.82) is 0 Å². The number of benzene rings is 1. The van der Waals surface area contributed by atoms with Crippen molar-refractivity contribution in [2.24, 2.45) is 0 Å². The van der Waals surface area contributed by atoms with Crippen molar-refractivity contribution in [3.8, 4) is 0 Å². The Bertz CT molecular complexity index is 1190. The first kappa shape index (κ1) is 19.8. The molecule has 0 aliphatic carbocycles. The highest BCUT2D eigenvalue weighted by Gasteiger charge is 2.26. The lowest BCUT2D eigenvalue weighted by molar-refractivity contribution is 0.0519. The number of hydrogen-bond acceptors (Lipinski definition) is 6. The molecule has 9 heteroatoms. The lowest BCUT2D eigenvalue weighted by Crippen LogP contribution is -2.17. The van der Waals surface area contributed by atoms with E-state index >= 15 is 0 Å². The van der Waals surface area contributed by atoms with E-state index in [0.29, 0.717) is 27.9 Å². The molecule has 1 N–H and O–H groups in total. The van der Waals surface area contributed by atoms with Gasteiger partial charge in [0.05, 0.1) is 24.2 Å². The summed E-state index contributed by atoms with van der Waals surface area (Å²) in [6.45, 7) is 5.05. The number of para-hydroxylation sites is 2. The van der Waals surface area contributed by atoms with E-state index < -0.39 is 15.8 Å². The number of ketones is 1. The number of sulfone groups is 1. The van der Waals surface area contributed by atoms with Crippen molar-refractivity contribution in [2.45, 2.75) is 32.5 Å². The molecule has 0 bridgehead atoms. The number of carbonyl (C=O) groups excluding carboxylic acids is 2. The number of ether oxygens (including phenoxy) is 1. The van der Waals surface area contributed by atoms with E-state index in [9.17, 15) is 18.0 Å². The number of aryl methyl sites for hydroxylation is 1. The van der Waals surface area contributed by atoms with Gasteiger partial charge < -0.3 is 14.3 Å². The van der Waals surface area contributed by atoms with E-state index in [1.807, 2.05) is 0 Å². The van der Waals surface area contributed by atoms with E-state index in [1.165, 1.54) is 4.57 Å². The highest BCUT2D eigenvalue weighted by Crippen LogP contribution is 2.23. The quantitative estimate of drug-likeness (QED) is 0.500. The monoisotopic (exact) mass is 403 g/mol. The van der Waals surface area contributed by atoms with Crippen LogP contribution in [-0.4, -0.2) is 47.6 Å². The van der Waals surface area contributed by atoms with Gasteiger partial charge in [-0.3, -0.25) is 4.79 Å². The summed E-state index contributed by atoms with van der Waals surface area (Å²) < 4.78 is 30.8. The van der Waals surface area contributed by atoms with Crippen LogP contribution in [0.4, 0.5) is 0 Å². The van der Waals surface area contributed by atoms with E-state index in [2.05, 4.69) is 9.97 Å². The van der Waals surface area contributed by atoms with Crippen LogP contribution < -0.4 is 0 Å². The van der Waals surface area contributed by atoms with Gasteiger partial charge in [-0.25, -0.2) is 18.2 Å². The average Bonchev–Trinajstić information content (AvgIpc) is 3.13. The van der Waals surface area contributed by atoms with Crippen molar-refractivity contribution in [3.05, 3.63) is 46.8 Å². The first-order valence-corrected chi connectivity index (χ1v) is 10.6. The lowest BCUT2D eigenvalue weighted by atomic mass is 10.1. The zero-order valence-electron chi connectivity index (χ0n) is 16.1. The molecule has 0 saturated heterocycles. The molecule has 0 spiro atoms. The predicted octanol–water partition coefficient (Wildman–Crippen LogP) is 2.44. The van der Waals surface area contributed by atoms with Gasteiger partial charge >= 0.3 is 5.97 Å². The van der Waals surface area contributed by atoms with Gasteiger partial charge in [0.2, 0.25) is 15.0 Å². The highest BCUT2D eigenvalue weighted by molar-refractivity contribution is 7.90. The number of carbonyl (C=O) groups is 2. The zero-order chi connectivity index (χ0) is 20.6. The maximum Gasteiger partial charge on any atom is 0.355 e. The number of hydrogen-bond donors (Lipinski definition) is 1. The van der Waals surface area contributed by atoms with Crippen LogP contribution in [0.1, 0.15) is 39.0 Å². The first-order chi connectivity index (χ1) is 13.1. The topological polar surface area (TPSA) is 111 Å². The van der Waals surface area contributed by atoms with Crippen molar-refractivity contribution in [3.63, 3.8) is 0 Å². The molecule has 0 unspecified atom stereocenters. The fourth-order valence-electron chi connectivity index (χ4n) is 3.29. The summed E-state index contributed by atoms with van der Waals surface area (Å²) in [6, 6.07) is 6.91. The molecule has 0 saturated carbocycles. The third-order valence-electron chi connectivity index (χ3n) is 4.45. The van der Waals surface area contributed by atoms with Crippen LogP contribution in [0.15, 0.2) is 29.4 Å². The third kappa shape index (κ3) is 3.45. The average molecular weight is 403 g/mol. The Balaban J connectivity index is 2.07. The Morgan fingerprint density at radius 3 is 2.54 bits per heavy atom. The second-order valence-corrected chi connectivity index (χ2v) is 8.42. The maximum absolute atomic E-state index is 13.1. The molecule has 0 fully saturated rings. The second-order valence-electron chi connectivity index (χ2n) is 6.51. The van der Waals surface area contributed by atoms with Gasteiger partial charge in [0.15, 0.2) is 5.78 Å². The minimum absolute atomic E-state index is 0.168. The van der Waals surface area contributed by atoms with Crippen LogP contribution in [0.2, 0.25) is 0 Å². The van der Waals surface area contributed by atoms with E-state index in [1.54, 1.807) is 45.0 Å². The number of Topliss-reactive ketones (excluding diaryl/α,β-unsaturated/α-hetero) is 1. The molecule has 0 aliphatic rings. The molecule has 2 aromatic heterocycles. The second kappa shape index (κ2) is 7.23. The lowest BCUT2D eigenvalue weighted by Gasteiger charge is -2.08. The van der Waals surface area contributed by atoms with Crippen LogP contribution in [0.25, 0.3) is 11.0 Å². The van der Waals surface area contributed by atoms with Gasteiger partial charge in [-0.15, -0.1) is 0 Å². The van der Waals surface area contributed by atoms with Crippen LogP contribution in [0, 0.1) is 13.8 Å². The molecule has 0 aliphatic heterocycles. The number of H-pyrrole nitrogens is 1. The minimum Gasteiger partial charge on any atom is -0.461 e.